The first-order chi connectivity index (χ1) is 23.3. The minimum Gasteiger partial charge on any atom is -0.490 e. The second-order valence-corrected chi connectivity index (χ2v) is 11.4. The van der Waals surface area contributed by atoms with Gasteiger partial charge in [-0.2, -0.15) is 5.26 Å². The molecule has 0 saturated carbocycles. The molecule has 1 aliphatic rings. The van der Waals surface area contributed by atoms with Gasteiger partial charge in [-0.1, -0.05) is 47.7 Å². The van der Waals surface area contributed by atoms with Crippen molar-refractivity contribution in [3.8, 4) is 23.3 Å². The lowest BCUT2D eigenvalue weighted by Crippen LogP contribution is -2.40. The van der Waals surface area contributed by atoms with Crippen molar-refractivity contribution in [2.45, 2.75) is 33.4 Å². The standard InChI is InChI=1S/C36H33N3O8S/c1-5-44-29-18-24(13-16-28(29)47-21-31(40)43-4)33-32(35(42)45-6-2)22(3)38-36-39(33)34(41)30(48-36)17-23-11-14-27(15-12-23)46-20-26-10-8-7-9-25(26)19-37/h7-18,33H,5-6,20-21H2,1-4H3/b30-17-/t33-/m1/s1. The van der Waals surface area contributed by atoms with Crippen LogP contribution in [-0.4, -0.2) is 43.4 Å². The molecule has 0 saturated heterocycles. The summed E-state index contributed by atoms with van der Waals surface area (Å²) < 4.78 is 29.3. The first-order valence-corrected chi connectivity index (χ1v) is 16.0. The molecule has 246 valence electrons. The summed E-state index contributed by atoms with van der Waals surface area (Å²) >= 11 is 1.21. The second-order valence-electron chi connectivity index (χ2n) is 10.4. The van der Waals surface area contributed by atoms with Crippen molar-refractivity contribution < 1.29 is 33.3 Å². The molecule has 4 aromatic rings. The summed E-state index contributed by atoms with van der Waals surface area (Å²) in [5.41, 5.74) is 2.98. The Hall–Kier alpha value is -5.67. The summed E-state index contributed by atoms with van der Waals surface area (Å²) in [6.45, 7) is 5.59. The molecule has 2 heterocycles. The monoisotopic (exact) mass is 667 g/mol. The van der Waals surface area contributed by atoms with Gasteiger partial charge < -0.3 is 23.7 Å². The van der Waals surface area contributed by atoms with Crippen LogP contribution in [0.2, 0.25) is 0 Å². The van der Waals surface area contributed by atoms with E-state index in [0.717, 1.165) is 11.1 Å². The summed E-state index contributed by atoms with van der Waals surface area (Å²) in [7, 11) is 1.27. The predicted molar refractivity (Wildman–Crippen MR) is 177 cm³/mol. The largest absolute Gasteiger partial charge is 0.490 e. The number of hydrogen-bond acceptors (Lipinski definition) is 11. The molecule has 11 nitrogen and oxygen atoms in total. The van der Waals surface area contributed by atoms with Crippen LogP contribution in [-0.2, 0) is 25.7 Å². The molecule has 0 amide bonds. The van der Waals surface area contributed by atoms with Gasteiger partial charge in [-0.15, -0.1) is 0 Å². The normalized spacial score (nSPS) is 14.0. The molecule has 48 heavy (non-hydrogen) atoms. The third-order valence-corrected chi connectivity index (χ3v) is 8.37. The van der Waals surface area contributed by atoms with Gasteiger partial charge in [0.25, 0.3) is 5.56 Å². The molecule has 5 rings (SSSR count). The Morgan fingerprint density at radius 2 is 1.77 bits per heavy atom. The molecule has 3 aromatic carbocycles. The lowest BCUT2D eigenvalue weighted by atomic mass is 9.95. The van der Waals surface area contributed by atoms with E-state index in [1.165, 1.54) is 23.0 Å². The third kappa shape index (κ3) is 7.32. The van der Waals surface area contributed by atoms with Gasteiger partial charge in [0.15, 0.2) is 22.9 Å². The van der Waals surface area contributed by atoms with Crippen molar-refractivity contribution in [3.63, 3.8) is 0 Å². The number of nitriles is 1. The highest BCUT2D eigenvalue weighted by molar-refractivity contribution is 7.07. The van der Waals surface area contributed by atoms with Crippen LogP contribution in [0.15, 0.2) is 87.8 Å². The van der Waals surface area contributed by atoms with E-state index in [9.17, 15) is 19.6 Å². The number of fused-ring (bicyclic) bond motifs is 1. The van der Waals surface area contributed by atoms with Crippen LogP contribution in [0.4, 0.5) is 0 Å². The maximum Gasteiger partial charge on any atom is 0.343 e. The van der Waals surface area contributed by atoms with Crippen LogP contribution in [0, 0.1) is 11.3 Å². The third-order valence-electron chi connectivity index (χ3n) is 7.38. The van der Waals surface area contributed by atoms with Crippen molar-refractivity contribution in [1.29, 1.82) is 5.26 Å². The number of benzene rings is 3. The van der Waals surface area contributed by atoms with E-state index in [-0.39, 0.29) is 31.0 Å². The number of ether oxygens (including phenoxy) is 5. The second kappa shape index (κ2) is 15.3. The SMILES string of the molecule is CCOC(=O)C1=C(C)N=c2s/c(=C\c3ccc(OCc4ccccc4C#N)cc3)c(=O)n2[C@@H]1c1ccc(OCC(=O)OC)c(OCC)c1. The molecular weight excluding hydrogens is 634 g/mol. The first kappa shape index (κ1) is 33.7. The van der Waals surface area contributed by atoms with Gasteiger partial charge in [-0.25, -0.2) is 14.6 Å². The fourth-order valence-electron chi connectivity index (χ4n) is 5.11. The number of hydrogen-bond donors (Lipinski definition) is 0. The molecule has 1 aromatic heterocycles. The Labute approximate surface area is 280 Å². The first-order valence-electron chi connectivity index (χ1n) is 15.1. The van der Waals surface area contributed by atoms with Gasteiger partial charge in [0.1, 0.15) is 12.4 Å². The maximum atomic E-state index is 14.1. The van der Waals surface area contributed by atoms with E-state index in [1.807, 2.05) is 24.3 Å². The van der Waals surface area contributed by atoms with Crippen molar-refractivity contribution in [1.82, 2.24) is 4.57 Å². The Bertz CT molecular complexity index is 2090. The van der Waals surface area contributed by atoms with E-state index >= 15 is 0 Å². The zero-order valence-electron chi connectivity index (χ0n) is 26.8. The van der Waals surface area contributed by atoms with E-state index < -0.39 is 18.0 Å². The molecule has 0 spiro atoms. The predicted octanol–water partition coefficient (Wildman–Crippen LogP) is 4.20. The van der Waals surface area contributed by atoms with Crippen LogP contribution in [0.1, 0.15) is 49.1 Å². The van der Waals surface area contributed by atoms with E-state index in [2.05, 4.69) is 15.8 Å². The fourth-order valence-corrected chi connectivity index (χ4v) is 6.16. The Morgan fingerprint density at radius 1 is 1.00 bits per heavy atom. The molecule has 0 bridgehead atoms. The van der Waals surface area contributed by atoms with Crippen LogP contribution in [0.5, 0.6) is 17.2 Å². The molecule has 0 aliphatic carbocycles. The number of nitrogens with zero attached hydrogens (tertiary/aromatic N) is 3. The molecule has 0 radical (unpaired) electrons. The van der Waals surface area contributed by atoms with Crippen molar-refractivity contribution >= 4 is 29.4 Å². The average molecular weight is 668 g/mol. The lowest BCUT2D eigenvalue weighted by Gasteiger charge is -2.25. The van der Waals surface area contributed by atoms with Gasteiger partial charge in [0.05, 0.1) is 53.8 Å². The molecular formula is C36H33N3O8S. The molecule has 0 fully saturated rings. The van der Waals surface area contributed by atoms with Gasteiger partial charge in [0.2, 0.25) is 0 Å². The molecule has 1 aliphatic heterocycles. The van der Waals surface area contributed by atoms with Crippen molar-refractivity contribution in [3.05, 3.63) is 120 Å². The van der Waals surface area contributed by atoms with Crippen LogP contribution in [0.3, 0.4) is 0 Å². The van der Waals surface area contributed by atoms with Gasteiger partial charge in [-0.3, -0.25) is 9.36 Å². The smallest absolute Gasteiger partial charge is 0.343 e. The van der Waals surface area contributed by atoms with Crippen LogP contribution >= 0.6 is 11.3 Å². The summed E-state index contributed by atoms with van der Waals surface area (Å²) in [5.74, 6) is 0.103. The Balaban J connectivity index is 1.51. The van der Waals surface area contributed by atoms with E-state index in [1.54, 1.807) is 69.3 Å². The molecule has 1 atom stereocenters. The zero-order chi connectivity index (χ0) is 34.2. The minimum absolute atomic E-state index is 0.141. The van der Waals surface area contributed by atoms with Crippen LogP contribution in [0.25, 0.3) is 6.08 Å². The highest BCUT2D eigenvalue weighted by atomic mass is 32.1. The minimum atomic E-state index is -0.872. The number of methoxy groups -OCH3 is 1. The molecule has 12 heteroatoms. The summed E-state index contributed by atoms with van der Waals surface area (Å²) in [4.78, 5) is 44.1. The van der Waals surface area contributed by atoms with E-state index in [4.69, 9.17) is 18.9 Å². The summed E-state index contributed by atoms with van der Waals surface area (Å²) in [5, 5.41) is 9.33. The Kier molecular flexibility index (Phi) is 10.7. The summed E-state index contributed by atoms with van der Waals surface area (Å²) in [6.07, 6.45) is 1.76. The number of aromatic nitrogens is 1. The fraction of sp³-hybridized carbons (Fsp3) is 0.250. The lowest BCUT2D eigenvalue weighted by molar-refractivity contribution is -0.143. The highest BCUT2D eigenvalue weighted by Gasteiger charge is 2.34. The molecule has 0 N–H and O–H groups in total. The molecule has 0 unspecified atom stereocenters. The topological polar surface area (TPSA) is 138 Å². The number of carbonyl (C=O) groups is 2. The van der Waals surface area contributed by atoms with Gasteiger partial charge in [0, 0.05) is 5.56 Å². The van der Waals surface area contributed by atoms with Crippen molar-refractivity contribution in [2.75, 3.05) is 26.9 Å². The zero-order valence-corrected chi connectivity index (χ0v) is 27.7. The number of esters is 2. The highest BCUT2D eigenvalue weighted by Crippen LogP contribution is 2.36. The maximum absolute atomic E-state index is 14.1. The van der Waals surface area contributed by atoms with E-state index in [0.29, 0.717) is 50.0 Å². The van der Waals surface area contributed by atoms with Gasteiger partial charge >= 0.3 is 11.9 Å². The quantitative estimate of drug-likeness (QED) is 0.204. The van der Waals surface area contributed by atoms with Crippen molar-refractivity contribution in [2.24, 2.45) is 4.99 Å². The van der Waals surface area contributed by atoms with Crippen LogP contribution < -0.4 is 29.1 Å². The number of carbonyl (C=O) groups excluding carboxylic acids is 2. The van der Waals surface area contributed by atoms with Gasteiger partial charge in [-0.05, 0) is 68.3 Å². The number of rotatable bonds is 12. The average Bonchev–Trinajstić information content (AvgIpc) is 3.40. The number of thiazole rings is 1. The number of allylic oxidation sites excluding steroid dienone is 1. The Morgan fingerprint density at radius 3 is 2.48 bits per heavy atom. The summed E-state index contributed by atoms with van der Waals surface area (Å²) in [6, 6.07) is 20.8.